The van der Waals surface area contributed by atoms with Gasteiger partial charge < -0.3 is 5.32 Å². The number of H-pyrrole nitrogens is 1. The van der Waals surface area contributed by atoms with E-state index in [4.69, 9.17) is 0 Å². The molecule has 1 heterocycles. The molecule has 2 aromatic carbocycles. The molecule has 0 aliphatic carbocycles. The van der Waals surface area contributed by atoms with Crippen LogP contribution in [0.5, 0.6) is 0 Å². The van der Waals surface area contributed by atoms with Crippen molar-refractivity contribution >= 4 is 23.4 Å². The molecule has 140 valence electrons. The summed E-state index contributed by atoms with van der Waals surface area (Å²) in [4.78, 5) is 23.7. The Bertz CT molecular complexity index is 1030. The second-order valence-electron chi connectivity index (χ2n) is 5.14. The Morgan fingerprint density at radius 1 is 1.11 bits per heavy atom. The quantitative estimate of drug-likeness (QED) is 0.299. The van der Waals surface area contributed by atoms with Gasteiger partial charge in [-0.3, -0.25) is 9.32 Å². The number of carbonyl (C=O) groups is 1. The van der Waals surface area contributed by atoms with Crippen molar-refractivity contribution in [1.82, 2.24) is 5.27 Å². The summed E-state index contributed by atoms with van der Waals surface area (Å²) in [6.45, 7) is 0. The van der Waals surface area contributed by atoms with Crippen LogP contribution in [0.1, 0.15) is 0 Å². The highest BCUT2D eigenvalue weighted by atomic mass is 32.2. The Hall–Kier alpha value is -3.08. The van der Waals surface area contributed by atoms with Crippen LogP contribution >= 0.6 is 11.8 Å². The third kappa shape index (κ3) is 3.87. The molecular formula is C16H10F4N3O3S+. The van der Waals surface area contributed by atoms with Gasteiger partial charge in [-0.15, -0.1) is 0 Å². The van der Waals surface area contributed by atoms with Crippen LogP contribution in [0.4, 0.5) is 23.2 Å². The predicted octanol–water partition coefficient (Wildman–Crippen LogP) is 2.53. The monoisotopic (exact) mass is 400 g/mol. The molecular weight excluding hydrogens is 390 g/mol. The molecule has 0 unspecified atom stereocenters. The number of halogens is 4. The Labute approximate surface area is 152 Å². The average molecular weight is 400 g/mol. The number of nitrogens with one attached hydrogen (secondary N) is 2. The summed E-state index contributed by atoms with van der Waals surface area (Å²) in [5, 5.41) is 4.10. The van der Waals surface area contributed by atoms with Crippen LogP contribution < -0.4 is 15.6 Å². The number of hydrogen-bond acceptors (Lipinski definition) is 4. The molecule has 0 spiro atoms. The zero-order valence-corrected chi connectivity index (χ0v) is 14.1. The molecule has 0 saturated heterocycles. The summed E-state index contributed by atoms with van der Waals surface area (Å²) in [6, 6.07) is 8.52. The van der Waals surface area contributed by atoms with E-state index in [1.165, 1.54) is 4.68 Å². The van der Waals surface area contributed by atoms with E-state index >= 15 is 0 Å². The highest BCUT2D eigenvalue weighted by Crippen LogP contribution is 2.24. The molecule has 0 radical (unpaired) electrons. The minimum atomic E-state index is -1.73. The van der Waals surface area contributed by atoms with Crippen molar-refractivity contribution in [2.45, 2.75) is 5.03 Å². The van der Waals surface area contributed by atoms with Crippen molar-refractivity contribution in [2.75, 3.05) is 11.1 Å². The van der Waals surface area contributed by atoms with Gasteiger partial charge in [0, 0.05) is 18.2 Å². The first-order valence-electron chi connectivity index (χ1n) is 7.33. The van der Waals surface area contributed by atoms with Crippen molar-refractivity contribution in [1.29, 1.82) is 0 Å². The van der Waals surface area contributed by atoms with E-state index in [2.05, 4.69) is 9.79 Å². The van der Waals surface area contributed by atoms with E-state index in [-0.39, 0.29) is 11.1 Å². The average Bonchev–Trinajstić information content (AvgIpc) is 3.03. The number of rotatable bonds is 5. The fraction of sp³-hybridized carbons (Fsp3) is 0.0625. The van der Waals surface area contributed by atoms with E-state index in [0.29, 0.717) is 17.4 Å². The first kappa shape index (κ1) is 18.7. The van der Waals surface area contributed by atoms with Crippen LogP contribution in [0.2, 0.25) is 0 Å². The number of aromatic nitrogens is 2. The number of hydrogen-bond donors (Lipinski definition) is 2. The van der Waals surface area contributed by atoms with E-state index < -0.39 is 46.2 Å². The number of thioether (sulfide) groups is 1. The van der Waals surface area contributed by atoms with Crippen LogP contribution in [-0.2, 0) is 4.79 Å². The third-order valence-electron chi connectivity index (χ3n) is 3.34. The number of para-hydroxylation sites is 1. The van der Waals surface area contributed by atoms with Crippen molar-refractivity contribution < 1.29 is 31.6 Å². The summed E-state index contributed by atoms with van der Waals surface area (Å²) in [7, 11) is 0. The van der Waals surface area contributed by atoms with Crippen molar-refractivity contribution in [3.05, 3.63) is 70.1 Å². The van der Waals surface area contributed by atoms with Crippen molar-refractivity contribution in [3.63, 3.8) is 0 Å². The maximum Gasteiger partial charge on any atom is 0.442 e. The SMILES string of the molecule is O=C(CSc1c(=O)o[nH][n+]1-c1ccccc1)Nc1c(F)c(F)cc(F)c1F. The van der Waals surface area contributed by atoms with Gasteiger partial charge in [-0.05, 0) is 21.7 Å². The molecule has 6 nitrogen and oxygen atoms in total. The van der Waals surface area contributed by atoms with Crippen LogP contribution in [0.25, 0.3) is 5.69 Å². The van der Waals surface area contributed by atoms with Gasteiger partial charge in [0.25, 0.3) is 0 Å². The first-order valence-corrected chi connectivity index (χ1v) is 8.31. The van der Waals surface area contributed by atoms with Gasteiger partial charge >= 0.3 is 10.7 Å². The lowest BCUT2D eigenvalue weighted by Crippen LogP contribution is -2.36. The Kier molecular flexibility index (Phi) is 5.31. The summed E-state index contributed by atoms with van der Waals surface area (Å²) in [6.07, 6.45) is 0. The van der Waals surface area contributed by atoms with E-state index in [0.717, 1.165) is 0 Å². The molecule has 0 saturated carbocycles. The van der Waals surface area contributed by atoms with Crippen LogP contribution in [0.3, 0.4) is 0 Å². The standard InChI is InChI=1S/C16H9F4N3O3S/c17-9-6-10(18)13(20)14(12(9)19)21-11(24)7-27-15-16(25)26-22-23(15)8-4-2-1-3-5-8/h1-6H,7H2,(H-,21,22,24,25)/p+1. The molecule has 3 aromatic rings. The number of benzene rings is 2. The fourth-order valence-corrected chi connectivity index (χ4v) is 2.90. The second kappa shape index (κ2) is 7.66. The van der Waals surface area contributed by atoms with Crippen molar-refractivity contribution in [3.8, 4) is 5.69 Å². The minimum absolute atomic E-state index is 0.0114. The molecule has 27 heavy (non-hydrogen) atoms. The molecule has 0 bridgehead atoms. The lowest BCUT2D eigenvalue weighted by atomic mass is 10.2. The van der Waals surface area contributed by atoms with Gasteiger partial charge in [0.2, 0.25) is 11.6 Å². The summed E-state index contributed by atoms with van der Waals surface area (Å²) in [5.41, 5.74) is -1.48. The molecule has 11 heteroatoms. The van der Waals surface area contributed by atoms with Gasteiger partial charge in [0.15, 0.2) is 23.3 Å². The van der Waals surface area contributed by atoms with Crippen LogP contribution in [-0.4, -0.2) is 16.9 Å². The third-order valence-corrected chi connectivity index (χ3v) is 4.37. The molecule has 0 aliphatic heterocycles. The van der Waals surface area contributed by atoms with Gasteiger partial charge in [-0.25, -0.2) is 22.4 Å². The normalized spacial score (nSPS) is 10.8. The Balaban J connectivity index is 1.77. The van der Waals surface area contributed by atoms with Gasteiger partial charge in [-0.1, -0.05) is 18.2 Å². The lowest BCUT2D eigenvalue weighted by molar-refractivity contribution is -0.704. The number of anilines is 1. The highest BCUT2D eigenvalue weighted by molar-refractivity contribution is 7.99. The molecule has 0 aliphatic rings. The topological polar surface area (TPSA) is 79.0 Å². The number of nitrogens with zero attached hydrogens (tertiary/aromatic N) is 1. The predicted molar refractivity (Wildman–Crippen MR) is 86.5 cm³/mol. The van der Waals surface area contributed by atoms with E-state index in [9.17, 15) is 27.2 Å². The molecule has 0 fully saturated rings. The van der Waals surface area contributed by atoms with Crippen LogP contribution in [0, 0.1) is 23.3 Å². The number of amides is 1. The maximum absolute atomic E-state index is 13.6. The van der Waals surface area contributed by atoms with E-state index in [1.807, 2.05) is 0 Å². The molecule has 1 aromatic heterocycles. The summed E-state index contributed by atoms with van der Waals surface area (Å²) >= 11 is 0.704. The second-order valence-corrected chi connectivity index (χ2v) is 6.10. The molecule has 2 N–H and O–H groups in total. The minimum Gasteiger partial charge on any atom is -0.320 e. The largest absolute Gasteiger partial charge is 0.442 e. The Morgan fingerprint density at radius 3 is 2.37 bits per heavy atom. The lowest BCUT2D eigenvalue weighted by Gasteiger charge is -2.08. The number of carbonyl (C=O) groups excluding carboxylic acids is 1. The van der Waals surface area contributed by atoms with E-state index in [1.54, 1.807) is 35.6 Å². The Morgan fingerprint density at radius 2 is 1.74 bits per heavy atom. The highest BCUT2D eigenvalue weighted by Gasteiger charge is 2.26. The zero-order valence-electron chi connectivity index (χ0n) is 13.3. The first-order chi connectivity index (χ1) is 12.9. The van der Waals surface area contributed by atoms with Gasteiger partial charge in [0.05, 0.1) is 5.75 Å². The summed E-state index contributed by atoms with van der Waals surface area (Å²) in [5.74, 6) is -8.22. The number of aromatic amines is 1. The maximum atomic E-state index is 13.6. The van der Waals surface area contributed by atoms with Crippen LogP contribution in [0.15, 0.2) is 50.7 Å². The molecule has 3 rings (SSSR count). The van der Waals surface area contributed by atoms with Gasteiger partial charge in [0.1, 0.15) is 5.69 Å². The summed E-state index contributed by atoms with van der Waals surface area (Å²) < 4.78 is 59.5. The smallest absolute Gasteiger partial charge is 0.320 e. The van der Waals surface area contributed by atoms with Gasteiger partial charge in [-0.2, -0.15) is 0 Å². The zero-order chi connectivity index (χ0) is 19.6. The molecule has 1 amide bonds. The fourth-order valence-electron chi connectivity index (χ4n) is 2.13. The van der Waals surface area contributed by atoms with Crippen molar-refractivity contribution in [2.24, 2.45) is 0 Å². The molecule has 0 atom stereocenters.